The van der Waals surface area contributed by atoms with Gasteiger partial charge in [-0.25, -0.2) is 4.79 Å². The lowest BCUT2D eigenvalue weighted by atomic mass is 10.2. The molecule has 2 amide bonds. The molecule has 5 nitrogen and oxygen atoms in total. The lowest BCUT2D eigenvalue weighted by molar-refractivity contribution is 0.0209. The van der Waals surface area contributed by atoms with Crippen LogP contribution < -0.4 is 11.1 Å². The van der Waals surface area contributed by atoms with Gasteiger partial charge in [0.05, 0.1) is 13.2 Å². The van der Waals surface area contributed by atoms with Crippen LogP contribution in [0.2, 0.25) is 0 Å². The minimum atomic E-state index is -0.458. The van der Waals surface area contributed by atoms with Crippen LogP contribution in [0.1, 0.15) is 6.92 Å². The third-order valence-electron chi connectivity index (χ3n) is 2.24. The highest BCUT2D eigenvalue weighted by Crippen LogP contribution is 2.01. The number of primary amides is 1. The average molecular weight is 187 g/mol. The molecule has 0 spiro atoms. The summed E-state index contributed by atoms with van der Waals surface area (Å²) in [4.78, 5) is 12.7. The van der Waals surface area contributed by atoms with Crippen LogP contribution in [0.25, 0.3) is 0 Å². The number of hydrogen-bond donors (Lipinski definition) is 2. The van der Waals surface area contributed by atoms with Gasteiger partial charge in [-0.05, 0) is 6.92 Å². The van der Waals surface area contributed by atoms with Gasteiger partial charge in [0.25, 0.3) is 0 Å². The van der Waals surface area contributed by atoms with E-state index in [0.29, 0.717) is 12.6 Å². The van der Waals surface area contributed by atoms with Gasteiger partial charge in [0.2, 0.25) is 0 Å². The number of nitrogens with zero attached hydrogens (tertiary/aromatic N) is 1. The maximum absolute atomic E-state index is 10.5. The van der Waals surface area contributed by atoms with Crippen molar-refractivity contribution in [2.75, 3.05) is 32.8 Å². The number of amides is 2. The summed E-state index contributed by atoms with van der Waals surface area (Å²) in [6.45, 7) is 6.10. The van der Waals surface area contributed by atoms with Crippen molar-refractivity contribution in [2.24, 2.45) is 5.73 Å². The van der Waals surface area contributed by atoms with Crippen LogP contribution in [0, 0.1) is 0 Å². The molecule has 1 rings (SSSR count). The van der Waals surface area contributed by atoms with Gasteiger partial charge in [0.1, 0.15) is 0 Å². The third-order valence-corrected chi connectivity index (χ3v) is 2.24. The zero-order valence-electron chi connectivity index (χ0n) is 7.95. The molecule has 13 heavy (non-hydrogen) atoms. The van der Waals surface area contributed by atoms with Crippen LogP contribution in [0.3, 0.4) is 0 Å². The van der Waals surface area contributed by atoms with Gasteiger partial charge in [-0.2, -0.15) is 0 Å². The van der Waals surface area contributed by atoms with E-state index in [2.05, 4.69) is 17.1 Å². The van der Waals surface area contributed by atoms with Gasteiger partial charge in [-0.15, -0.1) is 0 Å². The molecule has 1 atom stereocenters. The fourth-order valence-corrected chi connectivity index (χ4v) is 1.40. The molecule has 0 bridgehead atoms. The summed E-state index contributed by atoms with van der Waals surface area (Å²) in [6.07, 6.45) is 0. The third kappa shape index (κ3) is 3.61. The van der Waals surface area contributed by atoms with Crippen LogP contribution in [0.4, 0.5) is 4.79 Å². The first-order valence-corrected chi connectivity index (χ1v) is 4.55. The summed E-state index contributed by atoms with van der Waals surface area (Å²) < 4.78 is 5.22. The predicted octanol–water partition coefficient (Wildman–Crippen LogP) is -0.625. The Hall–Kier alpha value is -0.810. The van der Waals surface area contributed by atoms with E-state index >= 15 is 0 Å². The van der Waals surface area contributed by atoms with Crippen molar-refractivity contribution in [2.45, 2.75) is 13.0 Å². The number of carbonyl (C=O) groups excluding carboxylic acids is 1. The number of hydrogen-bond acceptors (Lipinski definition) is 3. The normalized spacial score (nSPS) is 21.0. The number of nitrogens with one attached hydrogen (secondary N) is 1. The summed E-state index contributed by atoms with van der Waals surface area (Å²) in [6, 6.07) is -0.128. The van der Waals surface area contributed by atoms with Crippen molar-refractivity contribution in [1.29, 1.82) is 0 Å². The van der Waals surface area contributed by atoms with Crippen LogP contribution >= 0.6 is 0 Å². The summed E-state index contributed by atoms with van der Waals surface area (Å²) >= 11 is 0. The van der Waals surface area contributed by atoms with Gasteiger partial charge in [-0.3, -0.25) is 4.90 Å². The minimum Gasteiger partial charge on any atom is -0.379 e. The van der Waals surface area contributed by atoms with Crippen molar-refractivity contribution in [3.8, 4) is 0 Å². The molecule has 1 unspecified atom stereocenters. The second-order valence-corrected chi connectivity index (χ2v) is 3.24. The largest absolute Gasteiger partial charge is 0.379 e. The van der Waals surface area contributed by atoms with Gasteiger partial charge < -0.3 is 15.8 Å². The van der Waals surface area contributed by atoms with Crippen molar-refractivity contribution >= 4 is 6.03 Å². The molecular weight excluding hydrogens is 170 g/mol. The molecule has 76 valence electrons. The first kappa shape index (κ1) is 10.3. The molecule has 1 aliphatic rings. The second kappa shape index (κ2) is 5.04. The fourth-order valence-electron chi connectivity index (χ4n) is 1.40. The zero-order chi connectivity index (χ0) is 9.68. The summed E-state index contributed by atoms with van der Waals surface area (Å²) in [5.41, 5.74) is 4.98. The van der Waals surface area contributed by atoms with E-state index < -0.39 is 6.03 Å². The lowest BCUT2D eigenvalue weighted by Crippen LogP contribution is -2.48. The van der Waals surface area contributed by atoms with Crippen LogP contribution in [0.5, 0.6) is 0 Å². The molecule has 0 saturated carbocycles. The quantitative estimate of drug-likeness (QED) is 0.618. The van der Waals surface area contributed by atoms with Crippen molar-refractivity contribution in [3.63, 3.8) is 0 Å². The molecule has 3 N–H and O–H groups in total. The van der Waals surface area contributed by atoms with E-state index in [-0.39, 0.29) is 0 Å². The molecule has 0 radical (unpaired) electrons. The predicted molar refractivity (Wildman–Crippen MR) is 49.4 cm³/mol. The topological polar surface area (TPSA) is 67.6 Å². The number of morpholine rings is 1. The Bertz CT molecular complexity index is 169. The number of rotatable bonds is 3. The Balaban J connectivity index is 2.20. The number of urea groups is 1. The van der Waals surface area contributed by atoms with Gasteiger partial charge in [0.15, 0.2) is 0 Å². The minimum absolute atomic E-state index is 0.330. The van der Waals surface area contributed by atoms with Crippen LogP contribution in [0.15, 0.2) is 0 Å². The lowest BCUT2D eigenvalue weighted by Gasteiger charge is -2.32. The highest BCUT2D eigenvalue weighted by atomic mass is 16.5. The number of nitrogens with two attached hydrogens (primary N) is 1. The second-order valence-electron chi connectivity index (χ2n) is 3.24. The standard InChI is InChI=1S/C8H17N3O2/c1-7(6-10-8(9)12)11-2-4-13-5-3-11/h7H,2-6H2,1H3,(H3,9,10,12). The van der Waals surface area contributed by atoms with Gasteiger partial charge >= 0.3 is 6.03 Å². The van der Waals surface area contributed by atoms with E-state index in [9.17, 15) is 4.79 Å². The zero-order valence-corrected chi connectivity index (χ0v) is 7.95. The maximum atomic E-state index is 10.5. The van der Waals surface area contributed by atoms with Crippen LogP contribution in [-0.2, 0) is 4.74 Å². The summed E-state index contributed by atoms with van der Waals surface area (Å²) in [5.74, 6) is 0. The van der Waals surface area contributed by atoms with Crippen molar-refractivity contribution in [1.82, 2.24) is 10.2 Å². The van der Waals surface area contributed by atoms with E-state index in [1.165, 1.54) is 0 Å². The van der Waals surface area contributed by atoms with Gasteiger partial charge in [0, 0.05) is 25.7 Å². The number of ether oxygens (including phenoxy) is 1. The first-order valence-electron chi connectivity index (χ1n) is 4.55. The molecule has 0 aromatic rings. The SMILES string of the molecule is CC(CNC(N)=O)N1CCOCC1. The molecule has 1 fully saturated rings. The molecule has 1 aliphatic heterocycles. The Morgan fingerprint density at radius 2 is 2.23 bits per heavy atom. The summed E-state index contributed by atoms with van der Waals surface area (Å²) in [7, 11) is 0. The van der Waals surface area contributed by atoms with E-state index in [4.69, 9.17) is 10.5 Å². The summed E-state index contributed by atoms with van der Waals surface area (Å²) in [5, 5.41) is 2.60. The van der Waals surface area contributed by atoms with Gasteiger partial charge in [-0.1, -0.05) is 0 Å². The molecule has 0 aliphatic carbocycles. The Labute approximate surface area is 78.2 Å². The molecular formula is C8H17N3O2. The number of carbonyl (C=O) groups is 1. The van der Waals surface area contributed by atoms with Crippen molar-refractivity contribution < 1.29 is 9.53 Å². The molecule has 5 heteroatoms. The Morgan fingerprint density at radius 3 is 2.77 bits per heavy atom. The Morgan fingerprint density at radius 1 is 1.62 bits per heavy atom. The fraction of sp³-hybridized carbons (Fsp3) is 0.875. The molecule has 1 saturated heterocycles. The molecule has 0 aromatic heterocycles. The molecule has 0 aromatic carbocycles. The van der Waals surface area contributed by atoms with Crippen LogP contribution in [-0.4, -0.2) is 49.8 Å². The van der Waals surface area contributed by atoms with E-state index in [1.807, 2.05) is 0 Å². The molecule has 1 heterocycles. The maximum Gasteiger partial charge on any atom is 0.312 e. The first-order chi connectivity index (χ1) is 6.20. The van der Waals surface area contributed by atoms with E-state index in [0.717, 1.165) is 26.3 Å². The van der Waals surface area contributed by atoms with Crippen molar-refractivity contribution in [3.05, 3.63) is 0 Å². The average Bonchev–Trinajstić information content (AvgIpc) is 2.15. The van der Waals surface area contributed by atoms with E-state index in [1.54, 1.807) is 0 Å². The smallest absolute Gasteiger partial charge is 0.312 e. The monoisotopic (exact) mass is 187 g/mol. The Kier molecular flexibility index (Phi) is 3.98. The highest BCUT2D eigenvalue weighted by molar-refractivity contribution is 5.71. The highest BCUT2D eigenvalue weighted by Gasteiger charge is 2.16.